The molecule has 0 saturated carbocycles. The molecule has 6 nitrogen and oxygen atoms in total. The van der Waals surface area contributed by atoms with Crippen molar-refractivity contribution in [2.45, 2.75) is 0 Å². The van der Waals surface area contributed by atoms with Crippen molar-refractivity contribution in [1.82, 2.24) is 16.0 Å². The summed E-state index contributed by atoms with van der Waals surface area (Å²) in [6.07, 6.45) is 3.53. The molecule has 0 saturated heterocycles. The Balaban J connectivity index is 2.14. The molecule has 0 aliphatic carbocycles. The van der Waals surface area contributed by atoms with Gasteiger partial charge in [0.2, 0.25) is 0 Å². The molecule has 0 unspecified atom stereocenters. The van der Waals surface area contributed by atoms with Gasteiger partial charge in [-0.2, -0.15) is 11.8 Å². The van der Waals surface area contributed by atoms with Crippen molar-refractivity contribution in [3.63, 3.8) is 0 Å². The number of aliphatic imine (C=N–C) groups is 1. The standard InChI is InChI=1S/C12H20N4O2S/c1-13-12(16-7-9-19-2)15-6-5-14-11(17)10-4-3-8-18-10/h3-4,8H,5-7,9H2,1-2H3,(H,14,17)(H2,13,15,16). The van der Waals surface area contributed by atoms with E-state index < -0.39 is 0 Å². The molecule has 0 aliphatic rings. The number of carbonyl (C=O) groups is 1. The zero-order valence-corrected chi connectivity index (χ0v) is 12.0. The lowest BCUT2D eigenvalue weighted by Gasteiger charge is -2.11. The van der Waals surface area contributed by atoms with E-state index in [-0.39, 0.29) is 5.91 Å². The van der Waals surface area contributed by atoms with Crippen molar-refractivity contribution in [2.24, 2.45) is 4.99 Å². The zero-order chi connectivity index (χ0) is 13.9. The molecule has 3 N–H and O–H groups in total. The fourth-order valence-electron chi connectivity index (χ4n) is 1.34. The summed E-state index contributed by atoms with van der Waals surface area (Å²) in [6, 6.07) is 3.32. The fourth-order valence-corrected chi connectivity index (χ4v) is 1.65. The molecule has 7 heteroatoms. The van der Waals surface area contributed by atoms with Gasteiger partial charge < -0.3 is 20.4 Å². The van der Waals surface area contributed by atoms with Crippen LogP contribution in [-0.2, 0) is 0 Å². The normalized spacial score (nSPS) is 11.2. The highest BCUT2D eigenvalue weighted by Crippen LogP contribution is 1.98. The van der Waals surface area contributed by atoms with Crippen LogP contribution >= 0.6 is 11.8 Å². The van der Waals surface area contributed by atoms with Gasteiger partial charge in [0, 0.05) is 32.4 Å². The molecular weight excluding hydrogens is 264 g/mol. The lowest BCUT2D eigenvalue weighted by Crippen LogP contribution is -2.42. The third kappa shape index (κ3) is 6.19. The molecule has 19 heavy (non-hydrogen) atoms. The van der Waals surface area contributed by atoms with E-state index in [0.29, 0.717) is 18.8 Å². The van der Waals surface area contributed by atoms with Gasteiger partial charge in [-0.1, -0.05) is 0 Å². The van der Waals surface area contributed by atoms with E-state index in [1.807, 2.05) is 0 Å². The van der Waals surface area contributed by atoms with Crippen LogP contribution < -0.4 is 16.0 Å². The number of thioether (sulfide) groups is 1. The van der Waals surface area contributed by atoms with Crippen LogP contribution in [0.3, 0.4) is 0 Å². The summed E-state index contributed by atoms with van der Waals surface area (Å²) in [4.78, 5) is 15.6. The molecule has 106 valence electrons. The number of amides is 1. The Kier molecular flexibility index (Phi) is 7.57. The molecule has 0 atom stereocenters. The number of furan rings is 1. The summed E-state index contributed by atoms with van der Waals surface area (Å²) >= 11 is 1.77. The monoisotopic (exact) mass is 284 g/mol. The minimum Gasteiger partial charge on any atom is -0.459 e. The van der Waals surface area contributed by atoms with E-state index >= 15 is 0 Å². The Hall–Kier alpha value is -1.63. The smallest absolute Gasteiger partial charge is 0.287 e. The van der Waals surface area contributed by atoms with Crippen LogP contribution in [0.15, 0.2) is 27.8 Å². The summed E-state index contributed by atoms with van der Waals surface area (Å²) in [7, 11) is 1.72. The van der Waals surface area contributed by atoms with Crippen molar-refractivity contribution in [3.8, 4) is 0 Å². The van der Waals surface area contributed by atoms with Gasteiger partial charge in [0.15, 0.2) is 11.7 Å². The molecule has 0 fully saturated rings. The van der Waals surface area contributed by atoms with Gasteiger partial charge in [0.25, 0.3) is 5.91 Å². The third-order valence-corrected chi connectivity index (χ3v) is 2.88. The maximum absolute atomic E-state index is 11.5. The van der Waals surface area contributed by atoms with Crippen LogP contribution in [0, 0.1) is 0 Å². The van der Waals surface area contributed by atoms with Crippen molar-refractivity contribution in [3.05, 3.63) is 24.2 Å². The second-order valence-electron chi connectivity index (χ2n) is 3.65. The van der Waals surface area contributed by atoms with Crippen molar-refractivity contribution in [1.29, 1.82) is 0 Å². The average molecular weight is 284 g/mol. The first-order valence-corrected chi connectivity index (χ1v) is 7.42. The Morgan fingerprint density at radius 2 is 2.05 bits per heavy atom. The first kappa shape index (κ1) is 15.4. The summed E-state index contributed by atoms with van der Waals surface area (Å²) in [5.41, 5.74) is 0. The summed E-state index contributed by atoms with van der Waals surface area (Å²) in [5, 5.41) is 9.04. The molecule has 1 heterocycles. The van der Waals surface area contributed by atoms with Crippen LogP contribution in [0.5, 0.6) is 0 Å². The van der Waals surface area contributed by atoms with E-state index in [0.717, 1.165) is 18.3 Å². The van der Waals surface area contributed by atoms with Crippen LogP contribution in [0.1, 0.15) is 10.6 Å². The molecule has 1 aromatic rings. The summed E-state index contributed by atoms with van der Waals surface area (Å²) in [6.45, 7) is 1.97. The Morgan fingerprint density at radius 1 is 1.32 bits per heavy atom. The molecule has 0 spiro atoms. The highest BCUT2D eigenvalue weighted by atomic mass is 32.2. The minimum atomic E-state index is -0.211. The van der Waals surface area contributed by atoms with E-state index in [1.165, 1.54) is 6.26 Å². The minimum absolute atomic E-state index is 0.211. The van der Waals surface area contributed by atoms with Crippen molar-refractivity contribution >= 4 is 23.6 Å². The number of carbonyl (C=O) groups excluding carboxylic acids is 1. The van der Waals surface area contributed by atoms with Gasteiger partial charge in [-0.25, -0.2) is 0 Å². The molecule has 0 aromatic carbocycles. The number of hydrogen-bond acceptors (Lipinski definition) is 4. The van der Waals surface area contributed by atoms with Gasteiger partial charge in [-0.15, -0.1) is 0 Å². The predicted octanol–water partition coefficient (Wildman–Crippen LogP) is 0.537. The van der Waals surface area contributed by atoms with E-state index in [4.69, 9.17) is 4.42 Å². The quantitative estimate of drug-likeness (QED) is 0.387. The van der Waals surface area contributed by atoms with E-state index in [1.54, 1.807) is 30.9 Å². The largest absolute Gasteiger partial charge is 0.459 e. The molecule has 1 aromatic heterocycles. The van der Waals surface area contributed by atoms with Gasteiger partial charge >= 0.3 is 0 Å². The fraction of sp³-hybridized carbons (Fsp3) is 0.500. The van der Waals surface area contributed by atoms with E-state index in [2.05, 4.69) is 27.2 Å². The Labute approximate surface area is 117 Å². The predicted molar refractivity (Wildman–Crippen MR) is 78.8 cm³/mol. The number of guanidine groups is 1. The van der Waals surface area contributed by atoms with Gasteiger partial charge in [0.05, 0.1) is 6.26 Å². The molecule has 0 radical (unpaired) electrons. The Morgan fingerprint density at radius 3 is 2.68 bits per heavy atom. The van der Waals surface area contributed by atoms with Gasteiger partial charge in [-0.05, 0) is 18.4 Å². The Bertz CT molecular complexity index is 392. The number of rotatable bonds is 7. The molecule has 1 amide bonds. The SMILES string of the molecule is CN=C(NCCNC(=O)c1ccco1)NCCSC. The first-order valence-electron chi connectivity index (χ1n) is 6.03. The van der Waals surface area contributed by atoms with Crippen molar-refractivity contribution in [2.75, 3.05) is 38.7 Å². The van der Waals surface area contributed by atoms with Crippen LogP contribution in [0.25, 0.3) is 0 Å². The number of nitrogens with one attached hydrogen (secondary N) is 3. The van der Waals surface area contributed by atoms with Crippen LogP contribution in [0.2, 0.25) is 0 Å². The lowest BCUT2D eigenvalue weighted by atomic mass is 10.4. The molecule has 1 rings (SSSR count). The average Bonchev–Trinajstić information content (AvgIpc) is 2.95. The second-order valence-corrected chi connectivity index (χ2v) is 4.64. The highest BCUT2D eigenvalue weighted by molar-refractivity contribution is 7.98. The molecular formula is C12H20N4O2S. The van der Waals surface area contributed by atoms with Gasteiger partial charge in [-0.3, -0.25) is 9.79 Å². The maximum Gasteiger partial charge on any atom is 0.287 e. The topological polar surface area (TPSA) is 78.7 Å². The third-order valence-electron chi connectivity index (χ3n) is 2.27. The highest BCUT2D eigenvalue weighted by Gasteiger charge is 2.06. The number of hydrogen-bond donors (Lipinski definition) is 3. The summed E-state index contributed by atoms with van der Waals surface area (Å²) < 4.78 is 4.99. The first-order chi connectivity index (χ1) is 9.27. The van der Waals surface area contributed by atoms with Gasteiger partial charge in [0.1, 0.15) is 0 Å². The molecule has 0 bridgehead atoms. The van der Waals surface area contributed by atoms with Crippen LogP contribution in [-0.4, -0.2) is 50.6 Å². The molecule has 0 aliphatic heterocycles. The number of nitrogens with zero attached hydrogens (tertiary/aromatic N) is 1. The van der Waals surface area contributed by atoms with Crippen molar-refractivity contribution < 1.29 is 9.21 Å². The lowest BCUT2D eigenvalue weighted by molar-refractivity contribution is 0.0926. The second kappa shape index (κ2) is 9.32. The van der Waals surface area contributed by atoms with E-state index in [9.17, 15) is 4.79 Å². The van der Waals surface area contributed by atoms with Crippen LogP contribution in [0.4, 0.5) is 0 Å². The summed E-state index contributed by atoms with van der Waals surface area (Å²) in [5.74, 6) is 1.87. The maximum atomic E-state index is 11.5. The zero-order valence-electron chi connectivity index (χ0n) is 11.2.